The first-order chi connectivity index (χ1) is 16.2. The van der Waals surface area contributed by atoms with Gasteiger partial charge in [0, 0.05) is 10.9 Å². The number of hydrogen-bond donors (Lipinski definition) is 0. The van der Waals surface area contributed by atoms with Gasteiger partial charge in [-0.05, 0) is 91.3 Å². The van der Waals surface area contributed by atoms with E-state index in [9.17, 15) is 4.79 Å². The first-order valence-corrected chi connectivity index (χ1v) is 14.9. The molecule has 1 unspecified atom stereocenters. The van der Waals surface area contributed by atoms with Crippen LogP contribution in [0.4, 0.5) is 0 Å². The quantitative estimate of drug-likeness (QED) is 0.0909. The molecule has 0 spiro atoms. The highest BCUT2D eigenvalue weighted by molar-refractivity contribution is 14.2. The van der Waals surface area contributed by atoms with Crippen molar-refractivity contribution in [3.63, 3.8) is 0 Å². The standard InChI is InChI=1S/C28H22IN2OP/c1-2-26(20-6-4-3-5-7-20)28(24-12-13-27-25(16-24)17-30-31(27)33-29)23-11-10-21-14-19(18-32)8-9-22(21)15-23/h3-18,33H,2H2,1H3/b28-26+. The van der Waals surface area contributed by atoms with E-state index in [1.807, 2.05) is 28.8 Å². The van der Waals surface area contributed by atoms with Gasteiger partial charge in [-0.3, -0.25) is 4.79 Å². The van der Waals surface area contributed by atoms with E-state index in [1.54, 1.807) is 0 Å². The van der Waals surface area contributed by atoms with Gasteiger partial charge >= 0.3 is 0 Å². The minimum absolute atomic E-state index is 0.572. The lowest BCUT2D eigenvalue weighted by atomic mass is 9.87. The van der Waals surface area contributed by atoms with E-state index >= 15 is 0 Å². The van der Waals surface area contributed by atoms with E-state index in [2.05, 4.69) is 101 Å². The van der Waals surface area contributed by atoms with Crippen LogP contribution in [0.3, 0.4) is 0 Å². The molecule has 0 aliphatic heterocycles. The molecule has 0 bridgehead atoms. The predicted octanol–water partition coefficient (Wildman–Crippen LogP) is 8.16. The average molecular weight is 560 g/mol. The highest BCUT2D eigenvalue weighted by Crippen LogP contribution is 2.37. The fourth-order valence-corrected chi connectivity index (χ4v) is 5.98. The second-order valence-electron chi connectivity index (χ2n) is 7.93. The van der Waals surface area contributed by atoms with Crippen LogP contribution in [-0.2, 0) is 0 Å². The monoisotopic (exact) mass is 560 g/mol. The summed E-state index contributed by atoms with van der Waals surface area (Å²) in [5.41, 5.74) is 7.98. The molecule has 1 atom stereocenters. The number of fused-ring (bicyclic) bond motifs is 2. The Kier molecular flexibility index (Phi) is 6.39. The third-order valence-electron chi connectivity index (χ3n) is 6.00. The molecule has 162 valence electrons. The van der Waals surface area contributed by atoms with Gasteiger partial charge in [-0.1, -0.05) is 67.6 Å². The smallest absolute Gasteiger partial charge is 0.150 e. The SMILES string of the molecule is CC/C(=C(/c1ccc2cc(C=O)ccc2c1)c1ccc2c(cnn2PI)c1)c1ccccc1. The van der Waals surface area contributed by atoms with E-state index in [0.29, 0.717) is 11.9 Å². The van der Waals surface area contributed by atoms with Crippen LogP contribution < -0.4 is 0 Å². The molecule has 1 aromatic heterocycles. The fraction of sp³-hybridized carbons (Fsp3) is 0.0714. The number of carbonyl (C=O) groups excluding carboxylic acids is 1. The van der Waals surface area contributed by atoms with Crippen LogP contribution in [0.5, 0.6) is 0 Å². The Hall–Kier alpha value is -2.82. The van der Waals surface area contributed by atoms with Crippen molar-refractivity contribution in [3.8, 4) is 0 Å². The van der Waals surface area contributed by atoms with E-state index < -0.39 is 0 Å². The maximum absolute atomic E-state index is 11.2. The highest BCUT2D eigenvalue weighted by atomic mass is 127. The number of allylic oxidation sites excluding steroid dienone is 1. The number of nitrogens with zero attached hydrogens (tertiary/aromatic N) is 2. The molecule has 0 amide bonds. The van der Waals surface area contributed by atoms with Gasteiger partial charge in [0.1, 0.15) is 6.29 Å². The Morgan fingerprint density at radius 2 is 1.58 bits per heavy atom. The second kappa shape index (κ2) is 9.58. The van der Waals surface area contributed by atoms with Gasteiger partial charge in [0.15, 0.2) is 0 Å². The summed E-state index contributed by atoms with van der Waals surface area (Å²) in [6.07, 6.45) is 4.34. The van der Waals surface area contributed by atoms with Crippen molar-refractivity contribution < 1.29 is 4.79 Å². The molecular formula is C28H22IN2OP. The summed E-state index contributed by atoms with van der Waals surface area (Å²) in [4.78, 5) is 11.2. The first-order valence-electron chi connectivity index (χ1n) is 10.8. The lowest BCUT2D eigenvalue weighted by Gasteiger charge is -2.17. The average Bonchev–Trinajstić information content (AvgIpc) is 3.29. The van der Waals surface area contributed by atoms with Crippen molar-refractivity contribution in [1.29, 1.82) is 0 Å². The van der Waals surface area contributed by atoms with E-state index in [-0.39, 0.29) is 0 Å². The van der Waals surface area contributed by atoms with E-state index in [1.165, 1.54) is 27.8 Å². The Balaban J connectivity index is 1.77. The lowest BCUT2D eigenvalue weighted by molar-refractivity contribution is 0.112. The Morgan fingerprint density at radius 3 is 2.30 bits per heavy atom. The van der Waals surface area contributed by atoms with Gasteiger partial charge in [-0.25, -0.2) is 4.45 Å². The van der Waals surface area contributed by atoms with Crippen LogP contribution in [-0.4, -0.2) is 15.8 Å². The van der Waals surface area contributed by atoms with Crippen LogP contribution in [0, 0.1) is 0 Å². The number of benzene rings is 4. The largest absolute Gasteiger partial charge is 0.298 e. The van der Waals surface area contributed by atoms with Crippen LogP contribution in [0.25, 0.3) is 32.8 Å². The molecular weight excluding hydrogens is 538 g/mol. The van der Waals surface area contributed by atoms with Crippen molar-refractivity contribution in [2.24, 2.45) is 0 Å². The Bertz CT molecular complexity index is 1500. The molecule has 0 saturated carbocycles. The zero-order valence-corrected chi connectivity index (χ0v) is 21.3. The second-order valence-corrected chi connectivity index (χ2v) is 9.97. The normalized spacial score (nSPS) is 12.5. The van der Waals surface area contributed by atoms with Crippen LogP contribution >= 0.6 is 28.4 Å². The molecule has 33 heavy (non-hydrogen) atoms. The minimum Gasteiger partial charge on any atom is -0.298 e. The number of carbonyl (C=O) groups is 1. The number of halogens is 1. The van der Waals surface area contributed by atoms with Crippen molar-refractivity contribution in [1.82, 2.24) is 9.55 Å². The van der Waals surface area contributed by atoms with Gasteiger partial charge in [-0.2, -0.15) is 5.10 Å². The third-order valence-corrected chi connectivity index (χ3v) is 7.89. The van der Waals surface area contributed by atoms with Gasteiger partial charge in [-0.15, -0.1) is 0 Å². The fourth-order valence-electron chi connectivity index (χ4n) is 4.43. The summed E-state index contributed by atoms with van der Waals surface area (Å²) >= 11 is 2.36. The van der Waals surface area contributed by atoms with Crippen molar-refractivity contribution in [2.75, 3.05) is 0 Å². The Morgan fingerprint density at radius 1 is 0.879 bits per heavy atom. The summed E-state index contributed by atoms with van der Waals surface area (Å²) in [5, 5.41) is 7.89. The summed E-state index contributed by atoms with van der Waals surface area (Å²) in [6, 6.07) is 29.6. The van der Waals surface area contributed by atoms with Gasteiger partial charge in [0.2, 0.25) is 0 Å². The molecule has 5 rings (SSSR count). The molecule has 0 radical (unpaired) electrons. The molecule has 5 heteroatoms. The van der Waals surface area contributed by atoms with Crippen LogP contribution in [0.15, 0.2) is 91.1 Å². The van der Waals surface area contributed by atoms with Gasteiger partial charge in [0.05, 0.1) is 18.1 Å². The topological polar surface area (TPSA) is 34.9 Å². The third kappa shape index (κ3) is 4.25. The van der Waals surface area contributed by atoms with Crippen molar-refractivity contribution >= 4 is 67.5 Å². The summed E-state index contributed by atoms with van der Waals surface area (Å²) in [7, 11) is 0. The molecule has 3 nitrogen and oxygen atoms in total. The Labute approximate surface area is 207 Å². The molecule has 0 aliphatic carbocycles. The summed E-state index contributed by atoms with van der Waals surface area (Å²) < 4.78 is 2.04. The van der Waals surface area contributed by atoms with Crippen LogP contribution in [0.1, 0.15) is 40.4 Å². The predicted molar refractivity (Wildman–Crippen MR) is 149 cm³/mol. The number of hydrogen-bond acceptors (Lipinski definition) is 2. The molecule has 0 fully saturated rings. The van der Waals surface area contributed by atoms with Crippen molar-refractivity contribution in [2.45, 2.75) is 13.3 Å². The van der Waals surface area contributed by atoms with Gasteiger partial charge in [0.25, 0.3) is 0 Å². The van der Waals surface area contributed by atoms with Gasteiger partial charge < -0.3 is 0 Å². The highest BCUT2D eigenvalue weighted by Gasteiger charge is 2.15. The maximum atomic E-state index is 11.2. The molecule has 0 N–H and O–H groups in total. The lowest BCUT2D eigenvalue weighted by Crippen LogP contribution is -1.96. The summed E-state index contributed by atoms with van der Waals surface area (Å²) in [5.74, 6) is 0. The first kappa shape index (κ1) is 22.0. The molecule has 5 aromatic rings. The molecule has 4 aromatic carbocycles. The van der Waals surface area contributed by atoms with Crippen molar-refractivity contribution in [3.05, 3.63) is 113 Å². The number of aldehydes is 1. The van der Waals surface area contributed by atoms with E-state index in [4.69, 9.17) is 0 Å². The van der Waals surface area contributed by atoms with E-state index in [0.717, 1.165) is 34.4 Å². The number of aromatic nitrogens is 2. The zero-order chi connectivity index (χ0) is 22.8. The molecule has 0 saturated heterocycles. The number of rotatable bonds is 6. The molecule has 1 heterocycles. The molecule has 0 aliphatic rings. The zero-order valence-electron chi connectivity index (χ0n) is 18.1. The minimum atomic E-state index is 0.572. The van der Waals surface area contributed by atoms with Crippen LogP contribution in [0.2, 0.25) is 0 Å². The summed E-state index contributed by atoms with van der Waals surface area (Å²) in [6.45, 7) is 2.22. The maximum Gasteiger partial charge on any atom is 0.150 e.